The van der Waals surface area contributed by atoms with Gasteiger partial charge in [0.15, 0.2) is 0 Å². The van der Waals surface area contributed by atoms with Gasteiger partial charge in [-0.1, -0.05) is 12.1 Å². The van der Waals surface area contributed by atoms with E-state index in [1.165, 1.54) is 0 Å². The Morgan fingerprint density at radius 1 is 0.491 bits per heavy atom. The number of hydrogen-bond donors (Lipinski definition) is 0. The number of hydrogen-bond acceptors (Lipinski definition) is 14. The van der Waals surface area contributed by atoms with Crippen LogP contribution in [0.2, 0.25) is 0 Å². The van der Waals surface area contributed by atoms with Gasteiger partial charge in [0, 0.05) is 25.7 Å². The highest BCUT2D eigenvalue weighted by molar-refractivity contribution is 5.76. The molecular weight excluding hydrogens is 734 g/mol. The molecule has 0 fully saturated rings. The Hall–Kier alpha value is -3.75. The molecular formula is C43H73N3O11. The minimum atomic E-state index is -0.784. The Morgan fingerprint density at radius 3 is 1.14 bits per heavy atom. The Balaban J connectivity index is 3.76. The summed E-state index contributed by atoms with van der Waals surface area (Å²) in [7, 11) is 0. The van der Waals surface area contributed by atoms with Crippen molar-refractivity contribution in [2.24, 2.45) is 0 Å². The van der Waals surface area contributed by atoms with Crippen molar-refractivity contribution in [1.29, 1.82) is 0 Å². The molecule has 0 saturated carbocycles. The predicted molar refractivity (Wildman–Crippen MR) is 219 cm³/mol. The zero-order valence-electron chi connectivity index (χ0n) is 37.8. The third-order valence-electron chi connectivity index (χ3n) is 7.25. The van der Waals surface area contributed by atoms with E-state index in [0.29, 0.717) is 18.8 Å². The molecule has 1 rings (SSSR count). The highest BCUT2D eigenvalue weighted by Crippen LogP contribution is 2.19. The normalized spacial score (nSPS) is 13.3. The largest absolute Gasteiger partial charge is 0.494 e. The summed E-state index contributed by atoms with van der Waals surface area (Å²) >= 11 is 0. The van der Waals surface area contributed by atoms with Crippen molar-refractivity contribution in [3.05, 3.63) is 29.8 Å². The average Bonchev–Trinajstić information content (AvgIpc) is 2.95. The monoisotopic (exact) mass is 808 g/mol. The molecule has 0 aliphatic heterocycles. The Labute approximate surface area is 342 Å². The Morgan fingerprint density at radius 2 is 0.807 bits per heavy atom. The van der Waals surface area contributed by atoms with Crippen LogP contribution in [0.4, 0.5) is 0 Å². The van der Waals surface area contributed by atoms with Crippen molar-refractivity contribution in [3.8, 4) is 5.75 Å². The maximum atomic E-state index is 13.5. The predicted octanol–water partition coefficient (Wildman–Crippen LogP) is 5.61. The summed E-state index contributed by atoms with van der Waals surface area (Å²) in [6.07, 6.45) is 0.350. The van der Waals surface area contributed by atoms with Crippen LogP contribution in [0.15, 0.2) is 24.3 Å². The Kier molecular flexibility index (Phi) is 19.7. The molecule has 0 unspecified atom stereocenters. The molecule has 14 heteroatoms. The van der Waals surface area contributed by atoms with Crippen molar-refractivity contribution in [3.63, 3.8) is 0 Å². The second kappa shape index (κ2) is 21.9. The van der Waals surface area contributed by atoms with Crippen LogP contribution in [0.5, 0.6) is 5.75 Å². The molecule has 0 N–H and O–H groups in total. The first-order chi connectivity index (χ1) is 25.8. The molecule has 1 aromatic rings. The summed E-state index contributed by atoms with van der Waals surface area (Å²) in [5.74, 6) is -1.94. The highest BCUT2D eigenvalue weighted by atomic mass is 16.6. The van der Waals surface area contributed by atoms with Crippen LogP contribution < -0.4 is 4.74 Å². The van der Waals surface area contributed by atoms with E-state index in [2.05, 4.69) is 0 Å². The fourth-order valence-corrected chi connectivity index (χ4v) is 5.56. The van der Waals surface area contributed by atoms with Crippen molar-refractivity contribution >= 4 is 29.8 Å². The molecule has 0 aromatic heterocycles. The SMILES string of the molecule is CCOc1ccc(C[C@H](CN(CCN(CC(=O)OC(C)(C)C)CC(=O)OC(C)(C)C)CC(=O)OC(C)(C)C)N(CC(=O)OC(C)(C)C)CC(=O)OC(C)(C)C)cc1. The lowest BCUT2D eigenvalue weighted by molar-refractivity contribution is -0.162. The molecule has 326 valence electrons. The fourth-order valence-electron chi connectivity index (χ4n) is 5.56. The van der Waals surface area contributed by atoms with Crippen LogP contribution in [0.1, 0.15) is 116 Å². The zero-order valence-corrected chi connectivity index (χ0v) is 37.8. The summed E-state index contributed by atoms with van der Waals surface area (Å²) in [6, 6.07) is 6.98. The van der Waals surface area contributed by atoms with Crippen LogP contribution in [-0.2, 0) is 54.1 Å². The number of carbonyl (C=O) groups is 5. The molecule has 1 atom stereocenters. The number of rotatable bonds is 20. The first-order valence-electron chi connectivity index (χ1n) is 19.8. The number of carbonyl (C=O) groups excluding carboxylic acids is 5. The maximum Gasteiger partial charge on any atom is 0.320 e. The van der Waals surface area contributed by atoms with Crippen molar-refractivity contribution in [2.45, 2.75) is 151 Å². The molecule has 0 aliphatic carbocycles. The minimum absolute atomic E-state index is 0.148. The van der Waals surface area contributed by atoms with E-state index >= 15 is 0 Å². The van der Waals surface area contributed by atoms with Crippen LogP contribution >= 0.6 is 0 Å². The van der Waals surface area contributed by atoms with Crippen LogP contribution in [0, 0.1) is 0 Å². The summed E-state index contributed by atoms with van der Waals surface area (Å²) in [4.78, 5) is 71.6. The number of ether oxygens (including phenoxy) is 6. The lowest BCUT2D eigenvalue weighted by atomic mass is 10.0. The van der Waals surface area contributed by atoms with Gasteiger partial charge in [0.25, 0.3) is 0 Å². The van der Waals surface area contributed by atoms with E-state index in [0.717, 1.165) is 5.56 Å². The highest BCUT2D eigenvalue weighted by Gasteiger charge is 2.32. The van der Waals surface area contributed by atoms with Crippen molar-refractivity contribution in [2.75, 3.05) is 59.0 Å². The smallest absolute Gasteiger partial charge is 0.320 e. The van der Waals surface area contributed by atoms with Crippen LogP contribution in [0.25, 0.3) is 0 Å². The lowest BCUT2D eigenvalue weighted by Gasteiger charge is -2.36. The van der Waals surface area contributed by atoms with Gasteiger partial charge in [-0.25, -0.2) is 0 Å². The van der Waals surface area contributed by atoms with Gasteiger partial charge in [-0.05, 0) is 135 Å². The maximum absolute atomic E-state index is 13.5. The third-order valence-corrected chi connectivity index (χ3v) is 7.25. The van der Waals surface area contributed by atoms with Gasteiger partial charge < -0.3 is 28.4 Å². The molecule has 57 heavy (non-hydrogen) atoms. The van der Waals surface area contributed by atoms with Gasteiger partial charge in [-0.15, -0.1) is 0 Å². The summed E-state index contributed by atoms with van der Waals surface area (Å²) in [6.45, 7) is 28.3. The third kappa shape index (κ3) is 26.0. The second-order valence-corrected chi connectivity index (χ2v) is 19.2. The van der Waals surface area contributed by atoms with E-state index in [9.17, 15) is 24.0 Å². The van der Waals surface area contributed by atoms with E-state index in [4.69, 9.17) is 28.4 Å². The van der Waals surface area contributed by atoms with Crippen LogP contribution in [-0.4, -0.2) is 138 Å². The van der Waals surface area contributed by atoms with E-state index in [1.807, 2.05) is 36.1 Å². The van der Waals surface area contributed by atoms with Crippen molar-refractivity contribution < 1.29 is 52.4 Å². The molecule has 0 saturated heterocycles. The second-order valence-electron chi connectivity index (χ2n) is 19.2. The molecule has 0 spiro atoms. The van der Waals surface area contributed by atoms with Gasteiger partial charge in [0.05, 0.1) is 39.3 Å². The first kappa shape index (κ1) is 51.3. The van der Waals surface area contributed by atoms with Crippen molar-refractivity contribution in [1.82, 2.24) is 14.7 Å². The number of benzene rings is 1. The zero-order chi connectivity index (χ0) is 44.0. The van der Waals surface area contributed by atoms with Gasteiger partial charge >= 0.3 is 29.8 Å². The molecule has 0 bridgehead atoms. The minimum Gasteiger partial charge on any atom is -0.494 e. The summed E-state index contributed by atoms with van der Waals surface area (Å²) in [5.41, 5.74) is -2.96. The van der Waals surface area contributed by atoms with Gasteiger partial charge in [0.1, 0.15) is 33.8 Å². The van der Waals surface area contributed by atoms with Gasteiger partial charge in [0.2, 0.25) is 0 Å². The van der Waals surface area contributed by atoms with E-state index in [-0.39, 0.29) is 52.4 Å². The standard InChI is InChI=1S/C43H73N3O11/c1-17-52-33-20-18-31(19-21-33)24-32(46(29-37(50)56-42(11,12)13)30-38(51)57-43(14,15)16)25-44(26-34(47)53-39(2,3)4)22-23-45(27-35(48)54-40(5,6)7)28-36(49)55-41(8,9)10/h18-21,32H,17,22-30H2,1-16H3/t32-/m1/s1. The molecule has 0 heterocycles. The quantitative estimate of drug-likeness (QED) is 0.119. The molecule has 0 aliphatic rings. The summed E-state index contributed by atoms with van der Waals surface area (Å²) < 4.78 is 34.0. The van der Waals surface area contributed by atoms with E-state index < -0.39 is 63.9 Å². The number of nitrogens with zero attached hydrogens (tertiary/aromatic N) is 3. The molecule has 0 amide bonds. The first-order valence-corrected chi connectivity index (χ1v) is 19.8. The molecule has 1 aromatic carbocycles. The Bertz CT molecular complexity index is 1380. The number of esters is 5. The molecule has 14 nitrogen and oxygen atoms in total. The van der Waals surface area contributed by atoms with Gasteiger partial charge in [-0.3, -0.25) is 38.7 Å². The summed E-state index contributed by atoms with van der Waals surface area (Å²) in [5, 5.41) is 0. The topological polar surface area (TPSA) is 150 Å². The lowest BCUT2D eigenvalue weighted by Crippen LogP contribution is -2.52. The van der Waals surface area contributed by atoms with E-state index in [1.54, 1.807) is 114 Å². The van der Waals surface area contributed by atoms with Crippen LogP contribution in [0.3, 0.4) is 0 Å². The molecule has 0 radical (unpaired) electrons. The average molecular weight is 808 g/mol. The van der Waals surface area contributed by atoms with Gasteiger partial charge in [-0.2, -0.15) is 0 Å². The fraction of sp³-hybridized carbons (Fsp3) is 0.744.